The smallest absolute Gasteiger partial charge is 0.324 e. The van der Waals surface area contributed by atoms with Gasteiger partial charge in [0.05, 0.1) is 11.4 Å². The molecule has 0 bridgehead atoms. The zero-order valence-electron chi connectivity index (χ0n) is 25.5. The number of carbonyl (C=O) groups excluding carboxylic acids is 2. The van der Waals surface area contributed by atoms with Crippen LogP contribution in [-0.4, -0.2) is 39.7 Å². The highest BCUT2D eigenvalue weighted by atomic mass is 16.4. The molecule has 0 atom stereocenters. The van der Waals surface area contributed by atoms with Gasteiger partial charge in [0.2, 0.25) is 0 Å². The van der Waals surface area contributed by atoms with Gasteiger partial charge in [0, 0.05) is 30.3 Å². The molecule has 2 aromatic carbocycles. The Labute approximate surface area is 248 Å². The van der Waals surface area contributed by atoms with Crippen molar-refractivity contribution in [3.63, 3.8) is 0 Å². The van der Waals surface area contributed by atoms with E-state index in [1.54, 1.807) is 4.68 Å². The number of hydrogen-bond donors (Lipinski definition) is 2. The third-order valence-electron chi connectivity index (χ3n) is 8.01. The number of nitrogens with one attached hydrogen (secondary N) is 2. The summed E-state index contributed by atoms with van der Waals surface area (Å²) in [6, 6.07) is 19.5. The predicted molar refractivity (Wildman–Crippen MR) is 167 cm³/mol. The molecule has 1 saturated heterocycles. The molecule has 0 aliphatic carbocycles. The maximum atomic E-state index is 13.0. The summed E-state index contributed by atoms with van der Waals surface area (Å²) in [5.74, 6) is 2.34. The molecule has 2 aromatic heterocycles. The molecule has 8 nitrogen and oxygen atoms in total. The minimum atomic E-state index is -0.324. The number of piperidine rings is 1. The molecule has 0 saturated carbocycles. The van der Waals surface area contributed by atoms with Crippen molar-refractivity contribution >= 4 is 23.4 Å². The molecule has 220 valence electrons. The number of nitrogens with zero attached hydrogens (tertiary/aromatic N) is 3. The van der Waals surface area contributed by atoms with Gasteiger partial charge in [-0.05, 0) is 87.4 Å². The number of urea groups is 1. The van der Waals surface area contributed by atoms with Crippen LogP contribution >= 0.6 is 0 Å². The van der Waals surface area contributed by atoms with Crippen LogP contribution in [0.3, 0.4) is 0 Å². The zero-order valence-corrected chi connectivity index (χ0v) is 25.5. The second kappa shape index (κ2) is 11.9. The van der Waals surface area contributed by atoms with Gasteiger partial charge in [0.1, 0.15) is 11.6 Å². The Kier molecular flexibility index (Phi) is 8.25. The number of carbonyl (C=O) groups is 2. The van der Waals surface area contributed by atoms with Gasteiger partial charge in [-0.15, -0.1) is 0 Å². The molecule has 0 unspecified atom stereocenters. The van der Waals surface area contributed by atoms with Crippen molar-refractivity contribution in [3.05, 3.63) is 94.6 Å². The van der Waals surface area contributed by atoms with Gasteiger partial charge >= 0.3 is 6.03 Å². The summed E-state index contributed by atoms with van der Waals surface area (Å²) in [5, 5.41) is 10.7. The van der Waals surface area contributed by atoms with Crippen molar-refractivity contribution in [1.82, 2.24) is 14.7 Å². The maximum absolute atomic E-state index is 13.0. The highest BCUT2D eigenvalue weighted by Crippen LogP contribution is 2.27. The number of aryl methyl sites for hydroxylation is 3. The van der Waals surface area contributed by atoms with E-state index in [-0.39, 0.29) is 17.4 Å². The summed E-state index contributed by atoms with van der Waals surface area (Å²) < 4.78 is 7.41. The molecule has 3 heterocycles. The van der Waals surface area contributed by atoms with Crippen LogP contribution in [-0.2, 0) is 11.8 Å². The van der Waals surface area contributed by atoms with Crippen LogP contribution in [0.4, 0.5) is 16.3 Å². The minimum absolute atomic E-state index is 0.0186. The van der Waals surface area contributed by atoms with Crippen LogP contribution < -0.4 is 10.6 Å². The number of anilines is 2. The second-order valence-corrected chi connectivity index (χ2v) is 12.5. The summed E-state index contributed by atoms with van der Waals surface area (Å²) in [7, 11) is 0. The fourth-order valence-electron chi connectivity index (χ4n) is 5.23. The number of hydrogen-bond acceptors (Lipinski definition) is 4. The Morgan fingerprint density at radius 3 is 2.19 bits per heavy atom. The Morgan fingerprint density at radius 1 is 0.929 bits per heavy atom. The first-order chi connectivity index (χ1) is 20.0. The van der Waals surface area contributed by atoms with Crippen LogP contribution in [0.5, 0.6) is 0 Å². The summed E-state index contributed by atoms with van der Waals surface area (Å²) in [5.41, 5.74) is 5.72. The molecule has 0 spiro atoms. The summed E-state index contributed by atoms with van der Waals surface area (Å²) in [4.78, 5) is 27.7. The van der Waals surface area contributed by atoms with Crippen LogP contribution in [0.15, 0.2) is 65.1 Å². The largest absolute Gasteiger partial charge is 0.456 e. The van der Waals surface area contributed by atoms with E-state index >= 15 is 0 Å². The topological polar surface area (TPSA) is 92.4 Å². The van der Waals surface area contributed by atoms with E-state index in [0.29, 0.717) is 17.5 Å². The quantitative estimate of drug-likeness (QED) is 0.253. The second-order valence-electron chi connectivity index (χ2n) is 12.5. The predicted octanol–water partition coefficient (Wildman–Crippen LogP) is 7.43. The van der Waals surface area contributed by atoms with E-state index in [4.69, 9.17) is 9.52 Å². The van der Waals surface area contributed by atoms with Crippen LogP contribution in [0.2, 0.25) is 0 Å². The fourth-order valence-corrected chi connectivity index (χ4v) is 5.23. The van der Waals surface area contributed by atoms with E-state index in [9.17, 15) is 9.59 Å². The molecule has 1 fully saturated rings. The van der Waals surface area contributed by atoms with Gasteiger partial charge in [0.15, 0.2) is 5.76 Å². The van der Waals surface area contributed by atoms with E-state index in [1.165, 1.54) is 5.56 Å². The van der Waals surface area contributed by atoms with Gasteiger partial charge in [-0.1, -0.05) is 50.6 Å². The van der Waals surface area contributed by atoms with Crippen molar-refractivity contribution in [2.24, 2.45) is 5.92 Å². The normalized spacial score (nSPS) is 14.2. The Hall–Kier alpha value is -4.33. The lowest BCUT2D eigenvalue weighted by Gasteiger charge is -2.31. The van der Waals surface area contributed by atoms with Crippen LogP contribution in [0.1, 0.15) is 72.3 Å². The molecule has 4 aromatic rings. The van der Waals surface area contributed by atoms with Gasteiger partial charge in [-0.2, -0.15) is 5.10 Å². The summed E-state index contributed by atoms with van der Waals surface area (Å²) in [6.45, 7) is 13.7. The zero-order chi connectivity index (χ0) is 30.0. The third kappa shape index (κ3) is 6.75. The number of rotatable bonds is 6. The molecule has 8 heteroatoms. The van der Waals surface area contributed by atoms with Gasteiger partial charge < -0.3 is 14.6 Å². The Balaban J connectivity index is 1.16. The Morgan fingerprint density at radius 2 is 1.60 bits per heavy atom. The molecule has 1 aliphatic rings. The molecular weight excluding hydrogens is 526 g/mol. The maximum Gasteiger partial charge on any atom is 0.324 e. The number of aromatic nitrogens is 2. The van der Waals surface area contributed by atoms with Gasteiger partial charge in [-0.3, -0.25) is 10.1 Å². The first-order valence-corrected chi connectivity index (χ1v) is 14.7. The lowest BCUT2D eigenvalue weighted by atomic mass is 9.90. The van der Waals surface area contributed by atoms with Gasteiger partial charge in [0.25, 0.3) is 5.91 Å². The molecule has 2 N–H and O–H groups in total. The SMILES string of the molecule is Cc1ccc(-n2nc(C(C)(C)C)cc2NC(=O)Nc2ccc(CC3CCN(C(=O)c4cc(C)c(C)o4)CC3)cc2)cc1. The van der Waals surface area contributed by atoms with E-state index in [0.717, 1.165) is 66.3 Å². The molecule has 1 aliphatic heterocycles. The van der Waals surface area contributed by atoms with E-state index in [2.05, 4.69) is 43.5 Å². The average molecular weight is 568 g/mol. The third-order valence-corrected chi connectivity index (χ3v) is 8.01. The minimum Gasteiger partial charge on any atom is -0.456 e. The fraction of sp³-hybridized carbons (Fsp3) is 0.382. The van der Waals surface area contributed by atoms with Crippen molar-refractivity contribution in [2.75, 3.05) is 23.7 Å². The highest BCUT2D eigenvalue weighted by molar-refractivity contribution is 5.99. The van der Waals surface area contributed by atoms with Gasteiger partial charge in [-0.25, -0.2) is 9.48 Å². The average Bonchev–Trinajstić information content (AvgIpc) is 3.53. The molecule has 3 amide bonds. The number of benzene rings is 2. The molecule has 5 rings (SSSR count). The monoisotopic (exact) mass is 567 g/mol. The summed E-state index contributed by atoms with van der Waals surface area (Å²) >= 11 is 0. The first-order valence-electron chi connectivity index (χ1n) is 14.7. The van der Waals surface area contributed by atoms with E-state index in [1.807, 2.05) is 74.2 Å². The van der Waals surface area contributed by atoms with Crippen molar-refractivity contribution < 1.29 is 14.0 Å². The first kappa shape index (κ1) is 29.2. The number of amides is 3. The van der Waals surface area contributed by atoms with Crippen molar-refractivity contribution in [3.8, 4) is 5.69 Å². The standard InChI is InChI=1S/C34H41N5O3/c1-22-7-13-28(14-8-22)39-31(21-30(37-39)34(4,5)6)36-33(41)35-27-11-9-25(10-12-27)20-26-15-17-38(18-16-26)32(40)29-19-23(2)24(3)42-29/h7-14,19,21,26H,15-18,20H2,1-6H3,(H2,35,36,41). The van der Waals surface area contributed by atoms with Crippen molar-refractivity contribution in [2.45, 2.75) is 66.2 Å². The van der Waals surface area contributed by atoms with E-state index < -0.39 is 0 Å². The van der Waals surface area contributed by atoms with Crippen LogP contribution in [0.25, 0.3) is 5.69 Å². The molecule has 0 radical (unpaired) electrons. The number of furan rings is 1. The van der Waals surface area contributed by atoms with Crippen molar-refractivity contribution in [1.29, 1.82) is 0 Å². The molecular formula is C34H41N5O3. The van der Waals surface area contributed by atoms with Crippen LogP contribution in [0, 0.1) is 26.7 Å². The Bertz CT molecular complexity index is 1530. The molecule has 42 heavy (non-hydrogen) atoms. The lowest BCUT2D eigenvalue weighted by molar-refractivity contribution is 0.0657. The lowest BCUT2D eigenvalue weighted by Crippen LogP contribution is -2.38. The number of likely N-dealkylation sites (tertiary alicyclic amines) is 1. The summed E-state index contributed by atoms with van der Waals surface area (Å²) in [6.07, 6.45) is 2.86. The highest BCUT2D eigenvalue weighted by Gasteiger charge is 2.26.